The zero-order chi connectivity index (χ0) is 15.8. The van der Waals surface area contributed by atoms with Crippen molar-refractivity contribution in [3.63, 3.8) is 0 Å². The van der Waals surface area contributed by atoms with Crippen molar-refractivity contribution >= 4 is 5.91 Å². The molecule has 0 aliphatic carbocycles. The first-order valence-corrected chi connectivity index (χ1v) is 6.54. The van der Waals surface area contributed by atoms with Crippen LogP contribution in [0, 0.1) is 23.5 Å². The van der Waals surface area contributed by atoms with E-state index in [-0.39, 0.29) is 24.5 Å². The Kier molecular flexibility index (Phi) is 5.50. The maximum atomic E-state index is 13.3. The molecule has 3 nitrogen and oxygen atoms in total. The van der Waals surface area contributed by atoms with Gasteiger partial charge in [0.1, 0.15) is 12.4 Å². The zero-order valence-corrected chi connectivity index (χ0v) is 11.6. The number of hydrogen-bond acceptors (Lipinski definition) is 2. The molecule has 0 bridgehead atoms. The summed E-state index contributed by atoms with van der Waals surface area (Å²) in [5.74, 6) is 3.81. The number of rotatable bonds is 4. The number of benzene rings is 2. The van der Waals surface area contributed by atoms with Gasteiger partial charge in [0.25, 0.3) is 5.91 Å². The summed E-state index contributed by atoms with van der Waals surface area (Å²) in [4.78, 5) is 11.7. The number of hydrogen-bond donors (Lipinski definition) is 1. The largest absolute Gasteiger partial charge is 0.478 e. The Balaban J connectivity index is 1.77. The average molecular weight is 301 g/mol. The van der Waals surface area contributed by atoms with E-state index in [4.69, 9.17) is 4.74 Å². The predicted molar refractivity (Wildman–Crippen MR) is 78.4 cm³/mol. The van der Waals surface area contributed by atoms with Gasteiger partial charge in [0, 0.05) is 0 Å². The highest BCUT2D eigenvalue weighted by molar-refractivity contribution is 5.94. The third-order valence-electron chi connectivity index (χ3n) is 2.72. The van der Waals surface area contributed by atoms with Gasteiger partial charge in [-0.25, -0.2) is 8.78 Å². The van der Waals surface area contributed by atoms with E-state index >= 15 is 0 Å². The molecule has 0 unspecified atom stereocenters. The van der Waals surface area contributed by atoms with Gasteiger partial charge in [-0.3, -0.25) is 4.79 Å². The van der Waals surface area contributed by atoms with Crippen molar-refractivity contribution in [2.24, 2.45) is 0 Å². The quantitative estimate of drug-likeness (QED) is 0.882. The number of carbonyl (C=O) groups excluding carboxylic acids is 1. The summed E-state index contributed by atoms with van der Waals surface area (Å²) < 4.78 is 31.7. The van der Waals surface area contributed by atoms with E-state index in [1.54, 1.807) is 18.2 Å². The number of halogens is 2. The smallest absolute Gasteiger partial charge is 0.255 e. The first-order chi connectivity index (χ1) is 10.7. The minimum Gasteiger partial charge on any atom is -0.478 e. The summed E-state index contributed by atoms with van der Waals surface area (Å²) in [6, 6.07) is 11.7. The van der Waals surface area contributed by atoms with Crippen molar-refractivity contribution in [1.29, 1.82) is 0 Å². The number of amides is 1. The normalized spacial score (nSPS) is 9.55. The molecule has 2 rings (SSSR count). The highest BCUT2D eigenvalue weighted by Crippen LogP contribution is 2.14. The molecule has 0 saturated carbocycles. The highest BCUT2D eigenvalue weighted by atomic mass is 19.1. The third-order valence-corrected chi connectivity index (χ3v) is 2.72. The van der Waals surface area contributed by atoms with Crippen molar-refractivity contribution < 1.29 is 18.3 Å². The lowest BCUT2D eigenvalue weighted by atomic mass is 10.2. The molecular formula is C17H13F2NO2. The maximum Gasteiger partial charge on any atom is 0.255 e. The lowest BCUT2D eigenvalue weighted by Gasteiger charge is -2.03. The van der Waals surface area contributed by atoms with Crippen LogP contribution in [0.25, 0.3) is 0 Å². The van der Waals surface area contributed by atoms with Gasteiger partial charge in [0.15, 0.2) is 11.6 Å². The first-order valence-electron chi connectivity index (χ1n) is 6.54. The molecule has 1 N–H and O–H groups in total. The van der Waals surface area contributed by atoms with Crippen LogP contribution in [0.2, 0.25) is 0 Å². The molecule has 0 radical (unpaired) electrons. The molecule has 1 amide bonds. The van der Waals surface area contributed by atoms with E-state index in [2.05, 4.69) is 17.2 Å². The summed E-state index contributed by atoms with van der Waals surface area (Å²) >= 11 is 0. The molecule has 0 spiro atoms. The molecule has 0 atom stereocenters. The van der Waals surface area contributed by atoms with Crippen molar-refractivity contribution in [2.75, 3.05) is 13.2 Å². The van der Waals surface area contributed by atoms with Crippen LogP contribution in [0.4, 0.5) is 8.78 Å². The van der Waals surface area contributed by atoms with E-state index in [0.717, 1.165) is 0 Å². The number of carbonyl (C=O) groups is 1. The second kappa shape index (κ2) is 7.79. The molecule has 0 aliphatic rings. The summed E-state index contributed by atoms with van der Waals surface area (Å²) in [6.07, 6.45) is 0. The Labute approximate surface area is 126 Å². The Morgan fingerprint density at radius 1 is 1.00 bits per heavy atom. The predicted octanol–water partition coefficient (Wildman–Crippen LogP) is 2.78. The van der Waals surface area contributed by atoms with Gasteiger partial charge in [-0.2, -0.15) is 0 Å². The van der Waals surface area contributed by atoms with Crippen molar-refractivity contribution in [3.05, 3.63) is 65.7 Å². The van der Waals surface area contributed by atoms with Crippen LogP contribution in [0.1, 0.15) is 10.4 Å². The lowest BCUT2D eigenvalue weighted by molar-refractivity contribution is 0.0954. The molecule has 0 fully saturated rings. The molecular weight excluding hydrogens is 288 g/mol. The Morgan fingerprint density at radius 3 is 2.41 bits per heavy atom. The fraction of sp³-hybridized carbons (Fsp3) is 0.118. The van der Waals surface area contributed by atoms with E-state index in [1.807, 2.05) is 0 Å². The number of para-hydroxylation sites is 1. The summed E-state index contributed by atoms with van der Waals surface area (Å²) in [5, 5.41) is 2.47. The van der Waals surface area contributed by atoms with Gasteiger partial charge in [-0.1, -0.05) is 36.1 Å². The van der Waals surface area contributed by atoms with Crippen molar-refractivity contribution in [2.45, 2.75) is 0 Å². The minimum atomic E-state index is -0.587. The molecule has 0 heterocycles. The molecule has 2 aromatic carbocycles. The maximum absolute atomic E-state index is 13.3. The van der Waals surface area contributed by atoms with Crippen LogP contribution in [0.15, 0.2) is 48.5 Å². The average Bonchev–Trinajstić information content (AvgIpc) is 2.52. The van der Waals surface area contributed by atoms with Crippen molar-refractivity contribution in [3.8, 4) is 17.6 Å². The Morgan fingerprint density at radius 2 is 1.68 bits per heavy atom. The second-order valence-corrected chi connectivity index (χ2v) is 4.24. The van der Waals surface area contributed by atoms with Crippen LogP contribution in [0.5, 0.6) is 5.75 Å². The fourth-order valence-electron chi connectivity index (χ4n) is 1.65. The molecule has 112 valence electrons. The van der Waals surface area contributed by atoms with Crippen LogP contribution in [-0.2, 0) is 0 Å². The SMILES string of the molecule is O=C(NCC#CCOc1ccccc1F)c1ccccc1F. The van der Waals surface area contributed by atoms with Crippen LogP contribution < -0.4 is 10.1 Å². The summed E-state index contributed by atoms with van der Waals surface area (Å²) in [5.41, 5.74) is -0.0353. The minimum absolute atomic E-state index is 0.00347. The number of ether oxygens (including phenoxy) is 1. The molecule has 0 aliphatic heterocycles. The molecule has 5 heteroatoms. The Hall–Kier alpha value is -2.87. The molecule has 2 aromatic rings. The third kappa shape index (κ3) is 4.32. The standard InChI is InChI=1S/C17H13F2NO2/c18-14-8-2-1-7-13(14)17(21)20-11-5-6-12-22-16-10-4-3-9-15(16)19/h1-4,7-10H,11-12H2,(H,20,21). The van der Waals surface area contributed by atoms with E-state index in [1.165, 1.54) is 30.3 Å². The van der Waals surface area contributed by atoms with Gasteiger partial charge in [0.2, 0.25) is 0 Å². The van der Waals surface area contributed by atoms with Gasteiger partial charge in [-0.15, -0.1) is 0 Å². The van der Waals surface area contributed by atoms with E-state index in [0.29, 0.717) is 0 Å². The van der Waals surface area contributed by atoms with E-state index < -0.39 is 17.5 Å². The topological polar surface area (TPSA) is 38.3 Å². The molecule has 0 aromatic heterocycles. The zero-order valence-electron chi connectivity index (χ0n) is 11.6. The summed E-state index contributed by atoms with van der Waals surface area (Å²) in [6.45, 7) is 0.0459. The van der Waals surface area contributed by atoms with Gasteiger partial charge in [-0.05, 0) is 24.3 Å². The number of nitrogens with one attached hydrogen (secondary N) is 1. The Bertz CT molecular complexity index is 720. The van der Waals surface area contributed by atoms with E-state index in [9.17, 15) is 13.6 Å². The fourth-order valence-corrected chi connectivity index (χ4v) is 1.65. The lowest BCUT2D eigenvalue weighted by Crippen LogP contribution is -2.24. The van der Waals surface area contributed by atoms with Gasteiger partial charge >= 0.3 is 0 Å². The van der Waals surface area contributed by atoms with Crippen LogP contribution in [0.3, 0.4) is 0 Å². The summed E-state index contributed by atoms with van der Waals surface area (Å²) in [7, 11) is 0. The molecule has 22 heavy (non-hydrogen) atoms. The highest BCUT2D eigenvalue weighted by Gasteiger charge is 2.08. The second-order valence-electron chi connectivity index (χ2n) is 4.24. The first kappa shape index (κ1) is 15.5. The van der Waals surface area contributed by atoms with Gasteiger partial charge < -0.3 is 10.1 Å². The molecule has 0 saturated heterocycles. The van der Waals surface area contributed by atoms with Crippen LogP contribution in [-0.4, -0.2) is 19.1 Å². The van der Waals surface area contributed by atoms with Crippen LogP contribution >= 0.6 is 0 Å². The van der Waals surface area contributed by atoms with Crippen molar-refractivity contribution in [1.82, 2.24) is 5.32 Å². The van der Waals surface area contributed by atoms with Gasteiger partial charge in [0.05, 0.1) is 12.1 Å². The monoisotopic (exact) mass is 301 g/mol.